The van der Waals surface area contributed by atoms with Crippen LogP contribution in [0.25, 0.3) is 0 Å². The minimum Gasteiger partial charge on any atom is -0.445 e. The summed E-state index contributed by atoms with van der Waals surface area (Å²) in [6, 6.07) is 0.272. The van der Waals surface area contributed by atoms with Crippen LogP contribution in [0.3, 0.4) is 0 Å². The van der Waals surface area contributed by atoms with E-state index in [0.29, 0.717) is 19.8 Å². The van der Waals surface area contributed by atoms with Crippen molar-refractivity contribution in [2.45, 2.75) is 19.1 Å². The predicted octanol–water partition coefficient (Wildman–Crippen LogP) is -0.641. The Morgan fingerprint density at radius 3 is 2.86 bits per heavy atom. The van der Waals surface area contributed by atoms with E-state index in [1.165, 1.54) is 0 Å². The molecule has 0 bridgehead atoms. The Balaban J connectivity index is 2.03. The normalized spacial score (nSPS) is 34.7. The third-order valence-corrected chi connectivity index (χ3v) is 2.69. The highest BCUT2D eigenvalue weighted by molar-refractivity contribution is 5.69. The van der Waals surface area contributed by atoms with E-state index in [2.05, 4.69) is 11.8 Å². The molecule has 6 heteroatoms. The Bertz CT molecular complexity index is 236. The molecule has 2 aliphatic heterocycles. The summed E-state index contributed by atoms with van der Waals surface area (Å²) in [6.45, 7) is 4.55. The highest BCUT2D eigenvalue weighted by Crippen LogP contribution is 2.17. The van der Waals surface area contributed by atoms with Crippen LogP contribution in [0.2, 0.25) is 0 Å². The van der Waals surface area contributed by atoms with E-state index in [-0.39, 0.29) is 12.2 Å². The number of rotatable bonds is 1. The third kappa shape index (κ3) is 1.56. The minimum atomic E-state index is -0.450. The SMILES string of the molecule is CC1COCCN1C1COC(=O)N1N. The lowest BCUT2D eigenvalue weighted by molar-refractivity contribution is -0.0477. The van der Waals surface area contributed by atoms with Gasteiger partial charge in [-0.2, -0.15) is 0 Å². The Hall–Kier alpha value is -0.850. The van der Waals surface area contributed by atoms with Crippen molar-refractivity contribution >= 4 is 6.09 Å². The number of carbonyl (C=O) groups excluding carboxylic acids is 1. The van der Waals surface area contributed by atoms with Crippen LogP contribution < -0.4 is 5.84 Å². The van der Waals surface area contributed by atoms with Crippen LogP contribution in [0.4, 0.5) is 4.79 Å². The van der Waals surface area contributed by atoms with Gasteiger partial charge < -0.3 is 9.47 Å². The molecule has 14 heavy (non-hydrogen) atoms. The van der Waals surface area contributed by atoms with Crippen LogP contribution in [-0.4, -0.2) is 54.6 Å². The molecule has 2 atom stereocenters. The van der Waals surface area contributed by atoms with Crippen LogP contribution in [0, 0.1) is 0 Å². The van der Waals surface area contributed by atoms with Crippen molar-refractivity contribution in [2.24, 2.45) is 5.84 Å². The van der Waals surface area contributed by atoms with Gasteiger partial charge in [-0.15, -0.1) is 0 Å². The fraction of sp³-hybridized carbons (Fsp3) is 0.875. The molecule has 0 aromatic carbocycles. The second kappa shape index (κ2) is 3.72. The van der Waals surface area contributed by atoms with Gasteiger partial charge in [-0.25, -0.2) is 15.6 Å². The van der Waals surface area contributed by atoms with Crippen molar-refractivity contribution < 1.29 is 14.3 Å². The van der Waals surface area contributed by atoms with Crippen molar-refractivity contribution in [1.29, 1.82) is 0 Å². The molecule has 2 N–H and O–H groups in total. The molecule has 2 unspecified atom stereocenters. The van der Waals surface area contributed by atoms with Gasteiger partial charge in [0.2, 0.25) is 0 Å². The van der Waals surface area contributed by atoms with Crippen molar-refractivity contribution in [3.8, 4) is 0 Å². The number of nitrogens with two attached hydrogens (primary N) is 1. The molecule has 2 rings (SSSR count). The lowest BCUT2D eigenvalue weighted by atomic mass is 10.2. The molecular formula is C8H15N3O3. The number of hydrogen-bond donors (Lipinski definition) is 1. The summed E-state index contributed by atoms with van der Waals surface area (Å²) in [6.07, 6.45) is -0.588. The fourth-order valence-corrected chi connectivity index (χ4v) is 1.86. The number of nitrogens with zero attached hydrogens (tertiary/aromatic N) is 2. The number of cyclic esters (lactones) is 1. The highest BCUT2D eigenvalue weighted by atomic mass is 16.6. The zero-order chi connectivity index (χ0) is 10.1. The van der Waals surface area contributed by atoms with E-state index < -0.39 is 6.09 Å². The maximum Gasteiger partial charge on any atom is 0.425 e. The number of ether oxygens (including phenoxy) is 2. The average Bonchev–Trinajstić information content (AvgIpc) is 2.49. The zero-order valence-corrected chi connectivity index (χ0v) is 8.18. The van der Waals surface area contributed by atoms with Gasteiger partial charge in [0.25, 0.3) is 0 Å². The monoisotopic (exact) mass is 201 g/mol. The van der Waals surface area contributed by atoms with Gasteiger partial charge in [0, 0.05) is 12.6 Å². The van der Waals surface area contributed by atoms with Crippen molar-refractivity contribution in [3.63, 3.8) is 0 Å². The van der Waals surface area contributed by atoms with Gasteiger partial charge in [-0.1, -0.05) is 0 Å². The molecule has 0 aliphatic carbocycles. The first-order valence-electron chi connectivity index (χ1n) is 4.74. The third-order valence-electron chi connectivity index (χ3n) is 2.69. The molecule has 0 aromatic heterocycles. The molecule has 2 fully saturated rings. The average molecular weight is 201 g/mol. The van der Waals surface area contributed by atoms with Gasteiger partial charge in [0.15, 0.2) is 0 Å². The van der Waals surface area contributed by atoms with Crippen molar-refractivity contribution in [2.75, 3.05) is 26.4 Å². The summed E-state index contributed by atoms with van der Waals surface area (Å²) in [5, 5.41) is 1.15. The van der Waals surface area contributed by atoms with Gasteiger partial charge in [0.1, 0.15) is 12.8 Å². The smallest absolute Gasteiger partial charge is 0.425 e. The van der Waals surface area contributed by atoms with Crippen LogP contribution in [0.1, 0.15) is 6.92 Å². The molecular weight excluding hydrogens is 186 g/mol. The first-order chi connectivity index (χ1) is 6.70. The first kappa shape index (κ1) is 9.70. The Labute approximate surface area is 82.5 Å². The molecule has 0 spiro atoms. The van der Waals surface area contributed by atoms with Gasteiger partial charge in [-0.3, -0.25) is 4.90 Å². The van der Waals surface area contributed by atoms with E-state index in [1.54, 1.807) is 0 Å². The molecule has 6 nitrogen and oxygen atoms in total. The number of hydrazine groups is 1. The second-order valence-corrected chi connectivity index (χ2v) is 3.63. The summed E-state index contributed by atoms with van der Waals surface area (Å²) in [4.78, 5) is 13.2. The zero-order valence-electron chi connectivity index (χ0n) is 8.18. The van der Waals surface area contributed by atoms with Crippen LogP contribution in [-0.2, 0) is 9.47 Å². The Kier molecular flexibility index (Phi) is 2.58. The summed E-state index contributed by atoms with van der Waals surface area (Å²) >= 11 is 0. The highest BCUT2D eigenvalue weighted by Gasteiger charge is 2.38. The van der Waals surface area contributed by atoms with Gasteiger partial charge >= 0.3 is 6.09 Å². The summed E-state index contributed by atoms with van der Waals surface area (Å²) in [7, 11) is 0. The number of hydrogen-bond acceptors (Lipinski definition) is 5. The standard InChI is InChI=1S/C8H15N3O3/c1-6-4-13-3-2-10(6)7-5-14-8(12)11(7)9/h6-7H,2-5,9H2,1H3. The molecule has 2 heterocycles. The van der Waals surface area contributed by atoms with Crippen molar-refractivity contribution in [1.82, 2.24) is 9.91 Å². The second-order valence-electron chi connectivity index (χ2n) is 3.63. The number of amides is 1. The van der Waals surface area contributed by atoms with E-state index in [9.17, 15) is 4.79 Å². The van der Waals surface area contributed by atoms with E-state index >= 15 is 0 Å². The van der Waals surface area contributed by atoms with Gasteiger partial charge in [-0.05, 0) is 6.92 Å². The molecule has 80 valence electrons. The number of carbonyl (C=O) groups is 1. The van der Waals surface area contributed by atoms with Crippen molar-refractivity contribution in [3.05, 3.63) is 0 Å². The fourth-order valence-electron chi connectivity index (χ4n) is 1.86. The molecule has 0 radical (unpaired) electrons. The molecule has 2 aliphatic rings. The summed E-state index contributed by atoms with van der Waals surface area (Å²) in [5.74, 6) is 5.59. The maximum absolute atomic E-state index is 11.1. The van der Waals surface area contributed by atoms with E-state index in [1.807, 2.05) is 0 Å². The lowest BCUT2D eigenvalue weighted by Crippen LogP contribution is -2.57. The number of morpholine rings is 1. The quantitative estimate of drug-likeness (QED) is 0.451. The minimum absolute atomic E-state index is 0.138. The van der Waals surface area contributed by atoms with Crippen LogP contribution >= 0.6 is 0 Å². The van der Waals surface area contributed by atoms with E-state index in [4.69, 9.17) is 15.3 Å². The van der Waals surface area contributed by atoms with Gasteiger partial charge in [0.05, 0.1) is 13.2 Å². The molecule has 0 aromatic rings. The van der Waals surface area contributed by atoms with Crippen LogP contribution in [0.15, 0.2) is 0 Å². The summed E-state index contributed by atoms with van der Waals surface area (Å²) in [5.41, 5.74) is 0. The molecule has 1 amide bonds. The Morgan fingerprint density at radius 2 is 2.29 bits per heavy atom. The van der Waals surface area contributed by atoms with Crippen LogP contribution in [0.5, 0.6) is 0 Å². The first-order valence-corrected chi connectivity index (χ1v) is 4.74. The topological polar surface area (TPSA) is 68.0 Å². The molecule has 2 saturated heterocycles. The summed E-state index contributed by atoms with van der Waals surface area (Å²) < 4.78 is 10.2. The molecule has 0 saturated carbocycles. The Morgan fingerprint density at radius 1 is 1.50 bits per heavy atom. The largest absolute Gasteiger partial charge is 0.445 e. The van der Waals surface area contributed by atoms with E-state index in [0.717, 1.165) is 11.6 Å². The lowest BCUT2D eigenvalue weighted by Gasteiger charge is -2.38. The maximum atomic E-state index is 11.1. The predicted molar refractivity (Wildman–Crippen MR) is 48.1 cm³/mol.